The van der Waals surface area contributed by atoms with Crippen molar-refractivity contribution in [2.45, 2.75) is 70.4 Å². The lowest BCUT2D eigenvalue weighted by atomic mass is 9.58. The van der Waals surface area contributed by atoms with Crippen molar-refractivity contribution in [3.8, 4) is 0 Å². The second-order valence-corrected chi connectivity index (χ2v) is 9.32. The van der Waals surface area contributed by atoms with E-state index in [0.29, 0.717) is 12.3 Å². The maximum atomic E-state index is 13.4. The number of fused-ring (bicyclic) bond motifs is 1. The Morgan fingerprint density at radius 1 is 1.22 bits per heavy atom. The molecule has 0 aromatic heterocycles. The summed E-state index contributed by atoms with van der Waals surface area (Å²) < 4.78 is 0. The van der Waals surface area contributed by atoms with Crippen LogP contribution in [0.15, 0.2) is 57.5 Å². The van der Waals surface area contributed by atoms with E-state index in [0.717, 1.165) is 29.7 Å². The number of rotatable bonds is 3. The number of benzene rings is 1. The number of Topliss-reactive ketones (excluding diaryl/α,β-unsaturated/α-hetero) is 1. The zero-order valence-electron chi connectivity index (χ0n) is 16.4. The molecule has 140 valence electrons. The van der Waals surface area contributed by atoms with E-state index < -0.39 is 5.41 Å². The average Bonchev–Trinajstić information content (AvgIpc) is 3.37. The minimum absolute atomic E-state index is 0.0186. The molecule has 0 bridgehead atoms. The summed E-state index contributed by atoms with van der Waals surface area (Å²) in [4.78, 5) is 13.4. The fourth-order valence-corrected chi connectivity index (χ4v) is 5.36. The number of hydrogen-bond acceptors (Lipinski definition) is 4. The van der Waals surface area contributed by atoms with Gasteiger partial charge in [0.1, 0.15) is 0 Å². The topological polar surface area (TPSA) is 53.8 Å². The molecule has 1 fully saturated rings. The number of carbonyl (C=O) groups is 1. The van der Waals surface area contributed by atoms with Gasteiger partial charge in [0.05, 0.1) is 11.6 Å². The third-order valence-electron chi connectivity index (χ3n) is 6.74. The van der Waals surface area contributed by atoms with Crippen LogP contribution in [-0.2, 0) is 10.2 Å². The fourth-order valence-electron chi connectivity index (χ4n) is 5.36. The van der Waals surface area contributed by atoms with Crippen molar-refractivity contribution in [3.05, 3.63) is 58.4 Å². The molecule has 1 saturated carbocycles. The van der Waals surface area contributed by atoms with Crippen molar-refractivity contribution in [1.82, 2.24) is 5.32 Å². The number of azo groups is 1. The first-order valence-corrected chi connectivity index (χ1v) is 10.2. The van der Waals surface area contributed by atoms with Gasteiger partial charge in [-0.2, -0.15) is 10.2 Å². The van der Waals surface area contributed by atoms with Gasteiger partial charge in [0.25, 0.3) is 0 Å². The maximum Gasteiger partial charge on any atom is 0.164 e. The first-order chi connectivity index (χ1) is 12.9. The molecule has 4 aliphatic rings. The lowest BCUT2D eigenvalue weighted by molar-refractivity contribution is -0.119. The van der Waals surface area contributed by atoms with Crippen molar-refractivity contribution in [3.63, 3.8) is 0 Å². The standard InChI is InChI=1S/C23H27N3O/c1-4-23(16-7-5-6-15(10-16)14-8-9-14)17-13-24-26-21(17)25-18-11-22(2,3)12-19(27)20(18)23/h5-7,10,13-14,21,25H,4,8-9,11-12H2,1-3H3/t21?,23-/m1/s1. The van der Waals surface area contributed by atoms with Gasteiger partial charge in [-0.1, -0.05) is 45.0 Å². The molecule has 0 spiro atoms. The number of ketones is 1. The van der Waals surface area contributed by atoms with E-state index in [1.165, 1.54) is 24.0 Å². The van der Waals surface area contributed by atoms with E-state index in [2.05, 4.69) is 60.6 Å². The van der Waals surface area contributed by atoms with Crippen LogP contribution in [0.3, 0.4) is 0 Å². The molecule has 1 N–H and O–H groups in total. The van der Waals surface area contributed by atoms with E-state index in [9.17, 15) is 4.79 Å². The largest absolute Gasteiger partial charge is 0.362 e. The molecule has 1 unspecified atom stereocenters. The van der Waals surface area contributed by atoms with Crippen LogP contribution in [-0.4, -0.2) is 11.9 Å². The summed E-state index contributed by atoms with van der Waals surface area (Å²) in [6.07, 6.45) is 6.64. The number of allylic oxidation sites excluding steroid dienone is 2. The van der Waals surface area contributed by atoms with Crippen LogP contribution in [0.1, 0.15) is 69.9 Å². The Morgan fingerprint density at radius 2 is 2.04 bits per heavy atom. The monoisotopic (exact) mass is 361 g/mol. The van der Waals surface area contributed by atoms with Crippen LogP contribution in [0.5, 0.6) is 0 Å². The summed E-state index contributed by atoms with van der Waals surface area (Å²) in [6, 6.07) is 8.95. The molecule has 1 aromatic rings. The highest BCUT2D eigenvalue weighted by Gasteiger charge is 2.53. The zero-order valence-corrected chi connectivity index (χ0v) is 16.4. The van der Waals surface area contributed by atoms with Gasteiger partial charge in [0.15, 0.2) is 11.9 Å². The molecule has 0 saturated heterocycles. The van der Waals surface area contributed by atoms with Gasteiger partial charge >= 0.3 is 0 Å². The summed E-state index contributed by atoms with van der Waals surface area (Å²) in [5, 5.41) is 12.2. The Labute approximate surface area is 160 Å². The van der Waals surface area contributed by atoms with Gasteiger partial charge in [0, 0.05) is 23.3 Å². The Hall–Kier alpha value is -2.23. The molecular formula is C23H27N3O. The van der Waals surface area contributed by atoms with E-state index >= 15 is 0 Å². The number of hydrogen-bond donors (Lipinski definition) is 1. The van der Waals surface area contributed by atoms with Crippen LogP contribution >= 0.6 is 0 Å². The molecule has 5 rings (SSSR count). The normalized spacial score (nSPS) is 31.3. The quantitative estimate of drug-likeness (QED) is 0.811. The van der Waals surface area contributed by atoms with Crippen LogP contribution in [0.4, 0.5) is 0 Å². The molecule has 2 atom stereocenters. The molecular weight excluding hydrogens is 334 g/mol. The molecule has 2 aliphatic heterocycles. The Kier molecular flexibility index (Phi) is 3.53. The minimum Gasteiger partial charge on any atom is -0.362 e. The first-order valence-electron chi connectivity index (χ1n) is 10.2. The van der Waals surface area contributed by atoms with E-state index in [4.69, 9.17) is 0 Å². The number of nitrogens with one attached hydrogen (secondary N) is 1. The highest BCUT2D eigenvalue weighted by molar-refractivity contribution is 6.01. The molecule has 4 nitrogen and oxygen atoms in total. The Balaban J connectivity index is 1.74. The van der Waals surface area contributed by atoms with E-state index in [1.807, 2.05) is 6.20 Å². The molecule has 0 radical (unpaired) electrons. The van der Waals surface area contributed by atoms with E-state index in [-0.39, 0.29) is 17.4 Å². The van der Waals surface area contributed by atoms with Gasteiger partial charge in [-0.25, -0.2) is 0 Å². The van der Waals surface area contributed by atoms with Gasteiger partial charge in [-0.3, -0.25) is 4.79 Å². The summed E-state index contributed by atoms with van der Waals surface area (Å²) in [7, 11) is 0. The predicted octanol–water partition coefficient (Wildman–Crippen LogP) is 5.13. The lowest BCUT2D eigenvalue weighted by Crippen LogP contribution is -2.51. The summed E-state index contributed by atoms with van der Waals surface area (Å²) >= 11 is 0. The van der Waals surface area contributed by atoms with Crippen LogP contribution in [0.25, 0.3) is 0 Å². The average molecular weight is 361 g/mol. The van der Waals surface area contributed by atoms with Crippen LogP contribution in [0, 0.1) is 5.41 Å². The third kappa shape index (κ3) is 2.45. The van der Waals surface area contributed by atoms with Crippen molar-refractivity contribution in [1.29, 1.82) is 0 Å². The second-order valence-electron chi connectivity index (χ2n) is 9.32. The molecule has 1 aromatic carbocycles. The van der Waals surface area contributed by atoms with Crippen LogP contribution < -0.4 is 5.32 Å². The Morgan fingerprint density at radius 3 is 2.78 bits per heavy atom. The molecule has 2 heterocycles. The SMILES string of the molecule is CC[C@@]1(c2cccc(C3CC3)c2)C2=CN=NC2NC2=C1C(=O)CC(C)(C)C2. The minimum atomic E-state index is -0.409. The summed E-state index contributed by atoms with van der Waals surface area (Å²) in [5.41, 5.74) is 5.39. The van der Waals surface area contributed by atoms with Crippen molar-refractivity contribution < 1.29 is 4.79 Å². The summed E-state index contributed by atoms with van der Waals surface area (Å²) in [6.45, 7) is 6.56. The second kappa shape index (κ2) is 5.63. The van der Waals surface area contributed by atoms with Gasteiger partial charge < -0.3 is 5.32 Å². The number of carbonyl (C=O) groups excluding carboxylic acids is 1. The lowest BCUT2D eigenvalue weighted by Gasteiger charge is -2.47. The predicted molar refractivity (Wildman–Crippen MR) is 105 cm³/mol. The van der Waals surface area contributed by atoms with Crippen molar-refractivity contribution in [2.24, 2.45) is 15.6 Å². The highest BCUT2D eigenvalue weighted by atomic mass is 16.1. The highest BCUT2D eigenvalue weighted by Crippen LogP contribution is 2.54. The molecule has 27 heavy (non-hydrogen) atoms. The first kappa shape index (κ1) is 16.9. The van der Waals surface area contributed by atoms with Crippen LogP contribution in [0.2, 0.25) is 0 Å². The molecule has 4 heteroatoms. The van der Waals surface area contributed by atoms with Crippen molar-refractivity contribution >= 4 is 5.78 Å². The molecule has 0 amide bonds. The smallest absolute Gasteiger partial charge is 0.164 e. The van der Waals surface area contributed by atoms with Crippen molar-refractivity contribution in [2.75, 3.05) is 0 Å². The molecule has 2 aliphatic carbocycles. The third-order valence-corrected chi connectivity index (χ3v) is 6.74. The number of nitrogens with zero attached hydrogens (tertiary/aromatic N) is 2. The van der Waals surface area contributed by atoms with Gasteiger partial charge in [0.2, 0.25) is 0 Å². The summed E-state index contributed by atoms with van der Waals surface area (Å²) in [5.74, 6) is 0.969. The van der Waals surface area contributed by atoms with Gasteiger partial charge in [-0.15, -0.1) is 0 Å². The van der Waals surface area contributed by atoms with E-state index in [1.54, 1.807) is 0 Å². The van der Waals surface area contributed by atoms with Gasteiger partial charge in [-0.05, 0) is 48.1 Å². The fraction of sp³-hybridized carbons (Fsp3) is 0.522. The Bertz CT molecular complexity index is 919. The maximum absolute atomic E-state index is 13.4. The zero-order chi connectivity index (χ0) is 18.8.